The number of nitrogens with two attached hydrogens (primary N) is 2. The molecule has 104 valence electrons. The van der Waals surface area contributed by atoms with Crippen molar-refractivity contribution < 1.29 is 9.53 Å². The molecular weight excluding hydrogens is 258 g/mol. The number of aromatic nitrogens is 2. The molecule has 7 heteroatoms. The second kappa shape index (κ2) is 5.87. The lowest BCUT2D eigenvalue weighted by atomic mass is 10.2. The van der Waals surface area contributed by atoms with Gasteiger partial charge in [-0.3, -0.25) is 4.79 Å². The van der Waals surface area contributed by atoms with E-state index in [1.807, 2.05) is 6.92 Å². The average molecular weight is 273 g/mol. The van der Waals surface area contributed by atoms with Gasteiger partial charge in [-0.25, -0.2) is 0 Å². The third-order valence-electron chi connectivity index (χ3n) is 2.44. The number of carbonyl (C=O) groups excluding carboxylic acids is 1. The van der Waals surface area contributed by atoms with Crippen LogP contribution in [-0.4, -0.2) is 22.4 Å². The number of nitrogens with one attached hydrogen (secondary N) is 1. The molecule has 0 spiro atoms. The van der Waals surface area contributed by atoms with Gasteiger partial charge in [-0.15, -0.1) is 0 Å². The van der Waals surface area contributed by atoms with Crippen LogP contribution in [0.25, 0.3) is 0 Å². The number of hydrogen-bond acceptors (Lipinski definition) is 6. The molecule has 2 aromatic rings. The highest BCUT2D eigenvalue weighted by Crippen LogP contribution is 2.25. The molecule has 1 amide bonds. The highest BCUT2D eigenvalue weighted by molar-refractivity contribution is 5.95. The number of benzene rings is 1. The molecule has 0 saturated carbocycles. The van der Waals surface area contributed by atoms with Crippen LogP contribution in [0.5, 0.6) is 11.6 Å². The molecule has 0 radical (unpaired) electrons. The van der Waals surface area contributed by atoms with Crippen LogP contribution in [0.3, 0.4) is 0 Å². The Balaban J connectivity index is 2.32. The largest absolute Gasteiger partial charge is 0.438 e. The van der Waals surface area contributed by atoms with Crippen molar-refractivity contribution in [3.8, 4) is 11.6 Å². The Morgan fingerprint density at radius 2 is 2.10 bits per heavy atom. The molecular formula is C13H15N5O2. The summed E-state index contributed by atoms with van der Waals surface area (Å²) in [6, 6.07) is 8.24. The second-order valence-electron chi connectivity index (χ2n) is 3.94. The van der Waals surface area contributed by atoms with Gasteiger partial charge in [0.1, 0.15) is 11.6 Å². The zero-order chi connectivity index (χ0) is 14.5. The molecule has 0 aliphatic heterocycles. The van der Waals surface area contributed by atoms with E-state index < -0.39 is 5.91 Å². The van der Waals surface area contributed by atoms with E-state index in [4.69, 9.17) is 16.2 Å². The number of anilines is 2. The van der Waals surface area contributed by atoms with Gasteiger partial charge in [-0.05, 0) is 19.1 Å². The third-order valence-corrected chi connectivity index (χ3v) is 2.44. The molecule has 0 saturated heterocycles. The summed E-state index contributed by atoms with van der Waals surface area (Å²) in [4.78, 5) is 19.3. The predicted octanol–water partition coefficient (Wildman–Crippen LogP) is 1.38. The fraction of sp³-hybridized carbons (Fsp3) is 0.154. The van der Waals surface area contributed by atoms with Crippen LogP contribution in [0.1, 0.15) is 17.3 Å². The number of para-hydroxylation sites is 1. The summed E-state index contributed by atoms with van der Waals surface area (Å²) in [6.45, 7) is 2.62. The first-order valence-corrected chi connectivity index (χ1v) is 6.05. The molecule has 1 aromatic heterocycles. The highest BCUT2D eigenvalue weighted by Gasteiger charge is 2.11. The van der Waals surface area contributed by atoms with Crippen molar-refractivity contribution in [1.82, 2.24) is 9.97 Å². The van der Waals surface area contributed by atoms with E-state index >= 15 is 0 Å². The molecule has 0 fully saturated rings. The first-order valence-electron chi connectivity index (χ1n) is 6.05. The van der Waals surface area contributed by atoms with Gasteiger partial charge >= 0.3 is 0 Å². The van der Waals surface area contributed by atoms with Crippen molar-refractivity contribution in [3.63, 3.8) is 0 Å². The first-order chi connectivity index (χ1) is 9.60. The summed E-state index contributed by atoms with van der Waals surface area (Å²) in [5.74, 6) is 0.610. The molecule has 0 bridgehead atoms. The molecule has 20 heavy (non-hydrogen) atoms. The number of rotatable bonds is 5. The lowest BCUT2D eigenvalue weighted by Gasteiger charge is -2.10. The number of nitrogens with zero attached hydrogens (tertiary/aromatic N) is 2. The van der Waals surface area contributed by atoms with E-state index in [9.17, 15) is 4.79 Å². The molecule has 7 nitrogen and oxygen atoms in total. The van der Waals surface area contributed by atoms with Gasteiger partial charge in [0.05, 0.1) is 5.56 Å². The molecule has 0 unspecified atom stereocenters. The van der Waals surface area contributed by atoms with Gasteiger partial charge in [-0.2, -0.15) is 9.97 Å². The summed E-state index contributed by atoms with van der Waals surface area (Å²) < 4.78 is 5.57. The van der Waals surface area contributed by atoms with Crippen molar-refractivity contribution in [3.05, 3.63) is 35.9 Å². The van der Waals surface area contributed by atoms with Gasteiger partial charge in [0.25, 0.3) is 5.91 Å². The van der Waals surface area contributed by atoms with Crippen LogP contribution in [0, 0.1) is 0 Å². The zero-order valence-corrected chi connectivity index (χ0v) is 11.0. The Kier molecular flexibility index (Phi) is 3.99. The van der Waals surface area contributed by atoms with Crippen molar-refractivity contribution in [1.29, 1.82) is 0 Å². The molecule has 0 aliphatic carbocycles. The number of carbonyl (C=O) groups is 1. The maximum absolute atomic E-state index is 11.3. The highest BCUT2D eigenvalue weighted by atomic mass is 16.5. The quantitative estimate of drug-likeness (QED) is 0.757. The Bertz CT molecular complexity index is 630. The predicted molar refractivity (Wildman–Crippen MR) is 75.6 cm³/mol. The van der Waals surface area contributed by atoms with E-state index in [1.54, 1.807) is 30.3 Å². The van der Waals surface area contributed by atoms with Gasteiger partial charge in [-0.1, -0.05) is 12.1 Å². The van der Waals surface area contributed by atoms with Crippen molar-refractivity contribution in [2.24, 2.45) is 5.73 Å². The fourth-order valence-corrected chi connectivity index (χ4v) is 1.64. The van der Waals surface area contributed by atoms with Crippen LogP contribution < -0.4 is 21.5 Å². The molecule has 2 rings (SSSR count). The van der Waals surface area contributed by atoms with Crippen molar-refractivity contribution in [2.45, 2.75) is 6.92 Å². The summed E-state index contributed by atoms with van der Waals surface area (Å²) in [6.07, 6.45) is 0. The Morgan fingerprint density at radius 1 is 1.35 bits per heavy atom. The van der Waals surface area contributed by atoms with Crippen LogP contribution in [0.4, 0.5) is 11.8 Å². The number of nitrogen functional groups attached to an aromatic ring is 1. The monoisotopic (exact) mass is 273 g/mol. The standard InChI is InChI=1S/C13H15N5O2/c1-2-16-10-7-11(18-13(15)17-10)20-9-6-4-3-5-8(9)12(14)19/h3-7H,2H2,1H3,(H2,14,19)(H3,15,16,17,18). The van der Waals surface area contributed by atoms with Crippen molar-refractivity contribution in [2.75, 3.05) is 17.6 Å². The summed E-state index contributed by atoms with van der Waals surface area (Å²) in [5, 5.41) is 3.01. The third kappa shape index (κ3) is 3.14. The summed E-state index contributed by atoms with van der Waals surface area (Å²) in [5.41, 5.74) is 11.2. The van der Waals surface area contributed by atoms with Gasteiger partial charge in [0, 0.05) is 12.6 Å². The van der Waals surface area contributed by atoms with Crippen LogP contribution in [-0.2, 0) is 0 Å². The Morgan fingerprint density at radius 3 is 2.80 bits per heavy atom. The second-order valence-corrected chi connectivity index (χ2v) is 3.94. The lowest BCUT2D eigenvalue weighted by Crippen LogP contribution is -2.12. The Labute approximate surface area is 116 Å². The SMILES string of the molecule is CCNc1cc(Oc2ccccc2C(N)=O)nc(N)n1. The topological polar surface area (TPSA) is 116 Å². The van der Waals surface area contributed by atoms with Gasteiger partial charge < -0.3 is 21.5 Å². The fourth-order valence-electron chi connectivity index (χ4n) is 1.64. The number of ether oxygens (including phenoxy) is 1. The Hall–Kier alpha value is -2.83. The van der Waals surface area contributed by atoms with E-state index in [1.165, 1.54) is 0 Å². The maximum Gasteiger partial charge on any atom is 0.252 e. The molecule has 1 heterocycles. The average Bonchev–Trinajstić information content (AvgIpc) is 2.38. The number of primary amides is 1. The minimum atomic E-state index is -0.575. The van der Waals surface area contributed by atoms with Crippen molar-refractivity contribution >= 4 is 17.7 Å². The maximum atomic E-state index is 11.3. The molecule has 0 atom stereocenters. The number of hydrogen-bond donors (Lipinski definition) is 3. The van der Waals surface area contributed by atoms with Gasteiger partial charge in [0.15, 0.2) is 0 Å². The minimum absolute atomic E-state index is 0.0787. The van der Waals surface area contributed by atoms with E-state index in [2.05, 4.69) is 15.3 Å². The normalized spacial score (nSPS) is 10.1. The molecule has 0 aliphatic rings. The smallest absolute Gasteiger partial charge is 0.252 e. The molecule has 1 aromatic carbocycles. The first kappa shape index (κ1) is 13.6. The van der Waals surface area contributed by atoms with E-state index in [-0.39, 0.29) is 17.4 Å². The van der Waals surface area contributed by atoms with Crippen LogP contribution in [0.15, 0.2) is 30.3 Å². The minimum Gasteiger partial charge on any atom is -0.438 e. The summed E-state index contributed by atoms with van der Waals surface area (Å²) in [7, 11) is 0. The summed E-state index contributed by atoms with van der Waals surface area (Å²) >= 11 is 0. The van der Waals surface area contributed by atoms with E-state index in [0.29, 0.717) is 18.1 Å². The zero-order valence-electron chi connectivity index (χ0n) is 11.0. The van der Waals surface area contributed by atoms with Crippen LogP contribution >= 0.6 is 0 Å². The van der Waals surface area contributed by atoms with Gasteiger partial charge in [0.2, 0.25) is 11.8 Å². The lowest BCUT2D eigenvalue weighted by molar-refractivity contribution is 0.0998. The number of amides is 1. The molecule has 5 N–H and O–H groups in total. The van der Waals surface area contributed by atoms with E-state index in [0.717, 1.165) is 0 Å². The van der Waals surface area contributed by atoms with Crippen LogP contribution in [0.2, 0.25) is 0 Å².